The van der Waals surface area contributed by atoms with Gasteiger partial charge in [-0.25, -0.2) is 0 Å². The molecule has 26 heavy (non-hydrogen) atoms. The van der Waals surface area contributed by atoms with Gasteiger partial charge in [0.25, 0.3) is 0 Å². The SMILES string of the molecule is CC1CC(O)C2(C)C3(C)CCC2(OC3=O)C1(CO)CC(O)c1ccoc1. The number of rotatable bonds is 4. The van der Waals surface area contributed by atoms with E-state index in [-0.39, 0.29) is 24.9 Å². The Morgan fingerprint density at radius 1 is 1.35 bits per heavy atom. The number of hydrogen-bond donors (Lipinski definition) is 3. The first-order valence-corrected chi connectivity index (χ1v) is 9.41. The standard InChI is InChI=1S/C20H28O6/c1-12-8-15(23)18(3)17(2)5-6-20(18,26-16(17)24)19(12,11-21)9-14(22)13-4-7-25-10-13/h4,7,10,12,14-15,21-23H,5-6,8-9,11H2,1-3H3. The second-order valence-corrected chi connectivity index (χ2v) is 8.99. The molecule has 1 saturated heterocycles. The summed E-state index contributed by atoms with van der Waals surface area (Å²) in [6.45, 7) is 5.56. The molecule has 7 unspecified atom stereocenters. The summed E-state index contributed by atoms with van der Waals surface area (Å²) < 4.78 is 11.1. The zero-order valence-corrected chi connectivity index (χ0v) is 15.6. The molecule has 1 aromatic rings. The minimum absolute atomic E-state index is 0.120. The maximum absolute atomic E-state index is 12.8. The van der Waals surface area contributed by atoms with E-state index < -0.39 is 34.1 Å². The number of ether oxygens (including phenoxy) is 1. The molecule has 0 amide bonds. The van der Waals surface area contributed by atoms with Crippen LogP contribution in [0.3, 0.4) is 0 Å². The number of aliphatic hydroxyl groups is 3. The number of esters is 1. The highest BCUT2D eigenvalue weighted by atomic mass is 16.6. The molecule has 2 saturated carbocycles. The molecule has 6 nitrogen and oxygen atoms in total. The molecule has 2 heterocycles. The van der Waals surface area contributed by atoms with Crippen molar-refractivity contribution in [3.05, 3.63) is 24.2 Å². The zero-order chi connectivity index (χ0) is 19.0. The Morgan fingerprint density at radius 2 is 2.08 bits per heavy atom. The summed E-state index contributed by atoms with van der Waals surface area (Å²) in [4.78, 5) is 12.8. The van der Waals surface area contributed by atoms with Gasteiger partial charge in [0.05, 0.1) is 36.8 Å². The first-order chi connectivity index (χ1) is 12.2. The third kappa shape index (κ3) is 1.71. The van der Waals surface area contributed by atoms with Crippen molar-refractivity contribution in [3.63, 3.8) is 0 Å². The van der Waals surface area contributed by atoms with E-state index in [0.29, 0.717) is 24.8 Å². The fraction of sp³-hybridized carbons (Fsp3) is 0.750. The maximum atomic E-state index is 12.8. The van der Waals surface area contributed by atoms with Crippen LogP contribution in [-0.4, -0.2) is 39.6 Å². The maximum Gasteiger partial charge on any atom is 0.313 e. The van der Waals surface area contributed by atoms with E-state index in [1.54, 1.807) is 6.07 Å². The average molecular weight is 364 g/mol. The Kier molecular flexibility index (Phi) is 3.70. The molecule has 6 heteroatoms. The van der Waals surface area contributed by atoms with E-state index in [9.17, 15) is 20.1 Å². The van der Waals surface area contributed by atoms with Gasteiger partial charge < -0.3 is 24.5 Å². The van der Waals surface area contributed by atoms with Gasteiger partial charge in [-0.1, -0.05) is 13.8 Å². The van der Waals surface area contributed by atoms with Crippen molar-refractivity contribution in [1.82, 2.24) is 0 Å². The van der Waals surface area contributed by atoms with E-state index in [1.165, 1.54) is 12.5 Å². The van der Waals surface area contributed by atoms with Gasteiger partial charge in [-0.05, 0) is 44.6 Å². The van der Waals surface area contributed by atoms with Gasteiger partial charge in [-0.15, -0.1) is 0 Å². The highest BCUT2D eigenvalue weighted by Crippen LogP contribution is 2.76. The molecule has 3 fully saturated rings. The quantitative estimate of drug-likeness (QED) is 0.708. The van der Waals surface area contributed by atoms with E-state index in [0.717, 1.165) is 0 Å². The number of carbonyl (C=O) groups is 1. The monoisotopic (exact) mass is 364 g/mol. The summed E-state index contributed by atoms with van der Waals surface area (Å²) in [5.41, 5.74) is -2.74. The molecule has 2 aliphatic carbocycles. The second-order valence-electron chi connectivity index (χ2n) is 8.99. The van der Waals surface area contributed by atoms with Crippen LogP contribution in [0.1, 0.15) is 58.1 Å². The summed E-state index contributed by atoms with van der Waals surface area (Å²) >= 11 is 0. The van der Waals surface area contributed by atoms with Crippen LogP contribution < -0.4 is 0 Å². The highest BCUT2D eigenvalue weighted by Gasteiger charge is 2.84. The van der Waals surface area contributed by atoms with Crippen molar-refractivity contribution >= 4 is 5.97 Å². The average Bonchev–Trinajstić information content (AvgIpc) is 3.25. The molecule has 3 aliphatic rings. The molecule has 0 spiro atoms. The van der Waals surface area contributed by atoms with Gasteiger partial charge in [0.2, 0.25) is 0 Å². The van der Waals surface area contributed by atoms with Gasteiger partial charge in [-0.2, -0.15) is 0 Å². The third-order valence-electron chi connectivity index (χ3n) is 8.44. The molecule has 2 bridgehead atoms. The lowest BCUT2D eigenvalue weighted by Gasteiger charge is -2.61. The smallest absolute Gasteiger partial charge is 0.313 e. The molecular formula is C20H28O6. The van der Waals surface area contributed by atoms with Crippen molar-refractivity contribution in [1.29, 1.82) is 0 Å². The van der Waals surface area contributed by atoms with Crippen LogP contribution in [0, 0.1) is 22.2 Å². The summed E-state index contributed by atoms with van der Waals surface area (Å²) in [6, 6.07) is 1.70. The number of furan rings is 1. The van der Waals surface area contributed by atoms with Gasteiger partial charge in [-0.3, -0.25) is 4.79 Å². The van der Waals surface area contributed by atoms with Gasteiger partial charge in [0, 0.05) is 16.4 Å². The Morgan fingerprint density at radius 3 is 2.65 bits per heavy atom. The van der Waals surface area contributed by atoms with Gasteiger partial charge >= 0.3 is 5.97 Å². The van der Waals surface area contributed by atoms with Crippen LogP contribution in [0.4, 0.5) is 0 Å². The topological polar surface area (TPSA) is 100 Å². The Bertz CT molecular complexity index is 716. The van der Waals surface area contributed by atoms with Gasteiger partial charge in [0.1, 0.15) is 5.60 Å². The van der Waals surface area contributed by atoms with E-state index in [4.69, 9.17) is 9.15 Å². The number of aliphatic hydroxyl groups excluding tert-OH is 3. The van der Waals surface area contributed by atoms with E-state index in [2.05, 4.69) is 0 Å². The minimum atomic E-state index is -0.984. The summed E-state index contributed by atoms with van der Waals surface area (Å²) in [7, 11) is 0. The first-order valence-electron chi connectivity index (χ1n) is 9.41. The lowest BCUT2D eigenvalue weighted by Crippen LogP contribution is -2.68. The fourth-order valence-corrected chi connectivity index (χ4v) is 6.47. The van der Waals surface area contributed by atoms with Crippen molar-refractivity contribution in [2.24, 2.45) is 22.2 Å². The molecule has 3 N–H and O–H groups in total. The lowest BCUT2D eigenvalue weighted by atomic mass is 9.45. The van der Waals surface area contributed by atoms with E-state index >= 15 is 0 Å². The number of hydrogen-bond acceptors (Lipinski definition) is 6. The predicted molar refractivity (Wildman–Crippen MR) is 91.9 cm³/mol. The largest absolute Gasteiger partial charge is 0.472 e. The number of carbonyl (C=O) groups excluding carboxylic acids is 1. The summed E-state index contributed by atoms with van der Waals surface area (Å²) in [6.07, 6.45) is 3.38. The van der Waals surface area contributed by atoms with Gasteiger partial charge in [0.15, 0.2) is 0 Å². The third-order valence-corrected chi connectivity index (χ3v) is 8.44. The highest BCUT2D eigenvalue weighted by molar-refractivity contribution is 5.83. The molecule has 0 aromatic carbocycles. The molecule has 1 aromatic heterocycles. The second kappa shape index (κ2) is 5.33. The zero-order valence-electron chi connectivity index (χ0n) is 15.6. The van der Waals surface area contributed by atoms with Crippen LogP contribution in [0.5, 0.6) is 0 Å². The molecule has 4 rings (SSSR count). The Balaban J connectivity index is 1.85. The molecule has 7 atom stereocenters. The lowest BCUT2D eigenvalue weighted by molar-refractivity contribution is -0.248. The van der Waals surface area contributed by atoms with Crippen molar-refractivity contribution in [3.8, 4) is 0 Å². The van der Waals surface area contributed by atoms with Crippen LogP contribution >= 0.6 is 0 Å². The first kappa shape index (κ1) is 18.0. The van der Waals surface area contributed by atoms with Crippen molar-refractivity contribution < 1.29 is 29.3 Å². The van der Waals surface area contributed by atoms with Crippen LogP contribution in [0.25, 0.3) is 0 Å². The normalized spacial score (nSPS) is 48.3. The van der Waals surface area contributed by atoms with Crippen molar-refractivity contribution in [2.75, 3.05) is 6.61 Å². The fourth-order valence-electron chi connectivity index (χ4n) is 6.47. The Hall–Kier alpha value is -1.37. The summed E-state index contributed by atoms with van der Waals surface area (Å²) in [5, 5.41) is 32.4. The van der Waals surface area contributed by atoms with Crippen LogP contribution in [-0.2, 0) is 9.53 Å². The van der Waals surface area contributed by atoms with Crippen molar-refractivity contribution in [2.45, 2.75) is 64.3 Å². The Labute approximate surface area is 153 Å². The molecular weight excluding hydrogens is 336 g/mol. The summed E-state index contributed by atoms with van der Waals surface area (Å²) in [5.74, 6) is -0.416. The van der Waals surface area contributed by atoms with Crippen LogP contribution in [0.2, 0.25) is 0 Å². The van der Waals surface area contributed by atoms with Crippen LogP contribution in [0.15, 0.2) is 23.0 Å². The molecule has 1 aliphatic heterocycles. The molecule has 0 radical (unpaired) electrons. The minimum Gasteiger partial charge on any atom is -0.472 e. The molecule has 144 valence electrons. The van der Waals surface area contributed by atoms with E-state index in [1.807, 2.05) is 20.8 Å². The predicted octanol–water partition coefficient (Wildman–Crippen LogP) is 2.18.